The Morgan fingerprint density at radius 1 is 1.39 bits per heavy atom. The van der Waals surface area contributed by atoms with Crippen LogP contribution in [0.15, 0.2) is 23.1 Å². The molecule has 1 N–H and O–H groups in total. The summed E-state index contributed by atoms with van der Waals surface area (Å²) >= 11 is 0. The Morgan fingerprint density at radius 3 is 2.67 bits per heavy atom. The summed E-state index contributed by atoms with van der Waals surface area (Å²) in [5.74, 6) is 0. The first kappa shape index (κ1) is 13.4. The number of likely N-dealkylation sites (N-methyl/N-ethyl adjacent to an activating group) is 1. The number of sulfone groups is 1. The van der Waals surface area contributed by atoms with E-state index in [1.54, 1.807) is 12.1 Å². The van der Waals surface area contributed by atoms with E-state index in [9.17, 15) is 8.42 Å². The molecular weight excluding hydrogens is 248 g/mol. The van der Waals surface area contributed by atoms with E-state index in [1.807, 2.05) is 13.0 Å². The lowest BCUT2D eigenvalue weighted by atomic mass is 10.1. The maximum Gasteiger partial charge on any atom is 0.175 e. The molecule has 1 atom stereocenters. The van der Waals surface area contributed by atoms with Gasteiger partial charge in [-0.05, 0) is 44.6 Å². The van der Waals surface area contributed by atoms with Gasteiger partial charge in [0.2, 0.25) is 0 Å². The summed E-state index contributed by atoms with van der Waals surface area (Å²) in [6, 6.07) is 5.67. The van der Waals surface area contributed by atoms with Gasteiger partial charge in [0, 0.05) is 24.5 Å². The Morgan fingerprint density at radius 2 is 2.11 bits per heavy atom. The maximum atomic E-state index is 11.5. The van der Waals surface area contributed by atoms with Crippen molar-refractivity contribution in [1.82, 2.24) is 4.90 Å². The molecule has 5 heteroatoms. The Hall–Kier alpha value is -1.07. The van der Waals surface area contributed by atoms with E-state index in [4.69, 9.17) is 0 Å². The van der Waals surface area contributed by atoms with Gasteiger partial charge in [-0.2, -0.15) is 0 Å². The predicted molar refractivity (Wildman–Crippen MR) is 73.8 cm³/mol. The van der Waals surface area contributed by atoms with Crippen molar-refractivity contribution in [3.63, 3.8) is 0 Å². The minimum Gasteiger partial charge on any atom is -0.381 e. The summed E-state index contributed by atoms with van der Waals surface area (Å²) in [6.07, 6.45) is 2.34. The topological polar surface area (TPSA) is 49.4 Å². The summed E-state index contributed by atoms with van der Waals surface area (Å²) in [7, 11) is -1.04. The van der Waals surface area contributed by atoms with Gasteiger partial charge >= 0.3 is 0 Å². The molecule has 18 heavy (non-hydrogen) atoms. The lowest BCUT2D eigenvalue weighted by Crippen LogP contribution is -2.24. The number of benzene rings is 1. The van der Waals surface area contributed by atoms with Crippen LogP contribution in [-0.2, 0) is 9.84 Å². The van der Waals surface area contributed by atoms with Crippen molar-refractivity contribution in [2.24, 2.45) is 0 Å². The van der Waals surface area contributed by atoms with Crippen LogP contribution < -0.4 is 5.32 Å². The molecule has 1 aromatic carbocycles. The monoisotopic (exact) mass is 268 g/mol. The third-order valence-corrected chi connectivity index (χ3v) is 4.50. The number of aryl methyl sites for hydroxylation is 1. The van der Waals surface area contributed by atoms with Gasteiger partial charge in [0.1, 0.15) is 0 Å². The van der Waals surface area contributed by atoms with Crippen LogP contribution in [0.1, 0.15) is 12.0 Å². The maximum absolute atomic E-state index is 11.5. The molecule has 0 amide bonds. The van der Waals surface area contributed by atoms with Crippen LogP contribution in [0.3, 0.4) is 0 Å². The molecule has 0 saturated carbocycles. The average Bonchev–Trinajstić information content (AvgIpc) is 2.66. The number of likely N-dealkylation sites (tertiary alicyclic amines) is 1. The number of nitrogens with one attached hydrogen (secondary N) is 1. The lowest BCUT2D eigenvalue weighted by molar-refractivity contribution is 0.414. The van der Waals surface area contributed by atoms with Crippen LogP contribution in [0.25, 0.3) is 0 Å². The second kappa shape index (κ2) is 4.90. The smallest absolute Gasteiger partial charge is 0.175 e. The molecule has 1 saturated heterocycles. The third-order valence-electron chi connectivity index (χ3n) is 3.39. The van der Waals surface area contributed by atoms with Gasteiger partial charge in [-0.1, -0.05) is 6.07 Å². The van der Waals surface area contributed by atoms with E-state index < -0.39 is 9.84 Å². The van der Waals surface area contributed by atoms with Gasteiger partial charge in [-0.3, -0.25) is 0 Å². The number of hydrogen-bond donors (Lipinski definition) is 1. The molecule has 1 unspecified atom stereocenters. The molecule has 1 aliphatic rings. The number of anilines is 1. The van der Waals surface area contributed by atoms with E-state index in [1.165, 1.54) is 6.26 Å². The van der Waals surface area contributed by atoms with Gasteiger partial charge in [-0.25, -0.2) is 8.42 Å². The van der Waals surface area contributed by atoms with Gasteiger partial charge in [0.15, 0.2) is 9.84 Å². The van der Waals surface area contributed by atoms with Crippen molar-refractivity contribution in [3.05, 3.63) is 23.8 Å². The molecule has 2 rings (SSSR count). The van der Waals surface area contributed by atoms with Crippen molar-refractivity contribution in [1.29, 1.82) is 0 Å². The second-order valence-electron chi connectivity index (χ2n) is 5.14. The molecule has 0 aliphatic carbocycles. The molecule has 0 bridgehead atoms. The fourth-order valence-corrected chi connectivity index (χ4v) is 2.91. The lowest BCUT2D eigenvalue weighted by Gasteiger charge is -2.17. The number of rotatable bonds is 3. The highest BCUT2D eigenvalue weighted by Crippen LogP contribution is 2.22. The summed E-state index contributed by atoms with van der Waals surface area (Å²) < 4.78 is 23.1. The van der Waals surface area contributed by atoms with Crippen molar-refractivity contribution in [2.75, 3.05) is 31.7 Å². The first-order chi connectivity index (χ1) is 8.36. The van der Waals surface area contributed by atoms with Crippen LogP contribution in [0.4, 0.5) is 5.69 Å². The Kier molecular flexibility index (Phi) is 3.64. The highest BCUT2D eigenvalue weighted by Gasteiger charge is 2.20. The van der Waals surface area contributed by atoms with Crippen molar-refractivity contribution < 1.29 is 8.42 Å². The second-order valence-corrected chi connectivity index (χ2v) is 7.16. The quantitative estimate of drug-likeness (QED) is 0.903. The summed E-state index contributed by atoms with van der Waals surface area (Å²) in [5.41, 5.74) is 2.01. The zero-order chi connectivity index (χ0) is 13.3. The van der Waals surface area contributed by atoms with E-state index in [0.29, 0.717) is 10.9 Å². The van der Waals surface area contributed by atoms with Gasteiger partial charge in [0.05, 0.1) is 4.90 Å². The summed E-state index contributed by atoms with van der Waals surface area (Å²) in [4.78, 5) is 2.65. The van der Waals surface area contributed by atoms with Gasteiger partial charge in [-0.15, -0.1) is 0 Å². The Balaban J connectivity index is 2.22. The predicted octanol–water partition coefficient (Wildman–Crippen LogP) is 1.51. The zero-order valence-electron chi connectivity index (χ0n) is 11.1. The minimum absolute atomic E-state index is 0.377. The first-order valence-corrected chi connectivity index (χ1v) is 8.01. The van der Waals surface area contributed by atoms with Gasteiger partial charge < -0.3 is 10.2 Å². The standard InChI is InChI=1S/C13H20N2O2S/c1-10-4-5-12(18(3,16)17)8-13(10)14-11-6-7-15(2)9-11/h4-5,8,11,14H,6-7,9H2,1-3H3. The van der Waals surface area contributed by atoms with E-state index in [2.05, 4.69) is 17.3 Å². The molecule has 1 aromatic rings. The molecule has 1 aliphatic heterocycles. The Labute approximate surface area is 109 Å². The average molecular weight is 268 g/mol. The van der Waals surface area contributed by atoms with Crippen LogP contribution in [-0.4, -0.2) is 45.8 Å². The zero-order valence-corrected chi connectivity index (χ0v) is 11.9. The molecule has 4 nitrogen and oxygen atoms in total. The van der Waals surface area contributed by atoms with Crippen molar-refractivity contribution in [3.8, 4) is 0 Å². The third kappa shape index (κ3) is 3.03. The molecule has 0 aromatic heterocycles. The highest BCUT2D eigenvalue weighted by atomic mass is 32.2. The SMILES string of the molecule is Cc1ccc(S(C)(=O)=O)cc1NC1CCN(C)C1. The molecular formula is C13H20N2O2S. The van der Waals surface area contributed by atoms with Crippen LogP contribution in [0.5, 0.6) is 0 Å². The molecule has 0 spiro atoms. The normalized spacial score (nSPS) is 21.2. The van der Waals surface area contributed by atoms with Crippen LogP contribution in [0, 0.1) is 6.92 Å². The molecule has 0 radical (unpaired) electrons. The van der Waals surface area contributed by atoms with E-state index in [-0.39, 0.29) is 0 Å². The highest BCUT2D eigenvalue weighted by molar-refractivity contribution is 7.90. The van der Waals surface area contributed by atoms with Crippen molar-refractivity contribution in [2.45, 2.75) is 24.3 Å². The fraction of sp³-hybridized carbons (Fsp3) is 0.538. The van der Waals surface area contributed by atoms with E-state index >= 15 is 0 Å². The van der Waals surface area contributed by atoms with Gasteiger partial charge in [0.25, 0.3) is 0 Å². The van der Waals surface area contributed by atoms with E-state index in [0.717, 1.165) is 30.8 Å². The summed E-state index contributed by atoms with van der Waals surface area (Å²) in [6.45, 7) is 4.08. The molecule has 1 heterocycles. The molecule has 100 valence electrons. The van der Waals surface area contributed by atoms with Crippen molar-refractivity contribution >= 4 is 15.5 Å². The number of nitrogens with zero attached hydrogens (tertiary/aromatic N) is 1. The molecule has 1 fully saturated rings. The number of hydrogen-bond acceptors (Lipinski definition) is 4. The minimum atomic E-state index is -3.14. The Bertz CT molecular complexity index is 540. The fourth-order valence-electron chi connectivity index (χ4n) is 2.26. The van der Waals surface area contributed by atoms with Crippen LogP contribution >= 0.6 is 0 Å². The largest absolute Gasteiger partial charge is 0.381 e. The first-order valence-electron chi connectivity index (χ1n) is 6.12. The van der Waals surface area contributed by atoms with Crippen LogP contribution in [0.2, 0.25) is 0 Å². The summed E-state index contributed by atoms with van der Waals surface area (Å²) in [5, 5.41) is 3.45.